The maximum absolute atomic E-state index is 12.4. The maximum atomic E-state index is 12.4. The Morgan fingerprint density at radius 2 is 2.03 bits per heavy atom. The van der Waals surface area contributed by atoms with Gasteiger partial charge in [-0.25, -0.2) is 0 Å². The Balaban J connectivity index is 1.30. The molecule has 1 atom stereocenters. The van der Waals surface area contributed by atoms with Gasteiger partial charge in [-0.05, 0) is 31.7 Å². The lowest BCUT2D eigenvalue weighted by molar-refractivity contribution is -0.121. The minimum absolute atomic E-state index is 0.145. The lowest BCUT2D eigenvalue weighted by Gasteiger charge is -2.22. The number of carbonyl (C=O) groups excluding carboxylic acids is 1. The summed E-state index contributed by atoms with van der Waals surface area (Å²) in [4.78, 5) is 15.8. The molecule has 1 unspecified atom stereocenters. The monoisotopic (exact) mass is 453 g/mol. The fraction of sp³-hybridized carbons (Fsp3) is 0.542. The molecule has 170 valence electrons. The van der Waals surface area contributed by atoms with E-state index in [0.29, 0.717) is 18.2 Å². The Morgan fingerprint density at radius 1 is 1.16 bits per heavy atom. The number of amides is 1. The molecule has 1 saturated carbocycles. The molecule has 3 aromatic rings. The Morgan fingerprint density at radius 3 is 2.88 bits per heavy atom. The van der Waals surface area contributed by atoms with E-state index in [2.05, 4.69) is 37.2 Å². The van der Waals surface area contributed by atoms with E-state index in [0.717, 1.165) is 66.3 Å². The molecule has 2 N–H and O–H groups in total. The van der Waals surface area contributed by atoms with Crippen molar-refractivity contribution >= 4 is 28.6 Å². The SMILES string of the molecule is O=C(CCSc1nnc(-c2c[nH]c3ccccc23)n1CC1CCCO1)NC1CCCCC1. The minimum Gasteiger partial charge on any atom is -0.376 e. The second kappa shape index (κ2) is 10.1. The molecule has 32 heavy (non-hydrogen) atoms. The summed E-state index contributed by atoms with van der Waals surface area (Å²) in [6.45, 7) is 1.55. The van der Waals surface area contributed by atoms with Gasteiger partial charge in [-0.2, -0.15) is 0 Å². The van der Waals surface area contributed by atoms with Gasteiger partial charge in [-0.15, -0.1) is 10.2 Å². The largest absolute Gasteiger partial charge is 0.376 e. The van der Waals surface area contributed by atoms with Gasteiger partial charge in [0.15, 0.2) is 11.0 Å². The Hall–Kier alpha value is -2.32. The van der Waals surface area contributed by atoms with Crippen LogP contribution in [0.3, 0.4) is 0 Å². The van der Waals surface area contributed by atoms with Gasteiger partial charge < -0.3 is 15.0 Å². The van der Waals surface area contributed by atoms with Crippen molar-refractivity contribution in [3.05, 3.63) is 30.5 Å². The highest BCUT2D eigenvalue weighted by Crippen LogP contribution is 2.31. The van der Waals surface area contributed by atoms with Gasteiger partial charge in [0.05, 0.1) is 12.6 Å². The van der Waals surface area contributed by atoms with Crippen LogP contribution in [-0.4, -0.2) is 50.2 Å². The first-order valence-corrected chi connectivity index (χ1v) is 12.8. The standard InChI is InChI=1S/C24H31N5O2S/c30-22(26-17-7-2-1-3-8-17)12-14-32-24-28-27-23(29(24)16-18-9-6-13-31-18)20-15-25-21-11-5-4-10-19(20)21/h4-5,10-11,15,17-18,25H,1-3,6-9,12-14,16H2,(H,26,30). The number of nitrogens with one attached hydrogen (secondary N) is 2. The number of fused-ring (bicyclic) bond motifs is 1. The number of thioether (sulfide) groups is 1. The third-order valence-corrected chi connectivity index (χ3v) is 7.46. The Kier molecular flexibility index (Phi) is 6.78. The third-order valence-electron chi connectivity index (χ3n) is 6.49. The zero-order chi connectivity index (χ0) is 21.8. The summed E-state index contributed by atoms with van der Waals surface area (Å²) in [6, 6.07) is 8.60. The van der Waals surface area contributed by atoms with Gasteiger partial charge in [0.25, 0.3) is 0 Å². The van der Waals surface area contributed by atoms with E-state index in [1.54, 1.807) is 11.8 Å². The van der Waals surface area contributed by atoms with E-state index >= 15 is 0 Å². The van der Waals surface area contributed by atoms with Crippen molar-refractivity contribution < 1.29 is 9.53 Å². The molecule has 3 heterocycles. The number of hydrogen-bond donors (Lipinski definition) is 2. The molecule has 0 bridgehead atoms. The highest BCUT2D eigenvalue weighted by atomic mass is 32.2. The summed E-state index contributed by atoms with van der Waals surface area (Å²) in [5.74, 6) is 1.69. The number of para-hydroxylation sites is 1. The molecular weight excluding hydrogens is 422 g/mol. The topological polar surface area (TPSA) is 84.8 Å². The quantitative estimate of drug-likeness (QED) is 0.489. The molecule has 0 spiro atoms. The van der Waals surface area contributed by atoms with Crippen molar-refractivity contribution in [1.29, 1.82) is 0 Å². The lowest BCUT2D eigenvalue weighted by Crippen LogP contribution is -2.36. The Labute approximate surface area is 192 Å². The van der Waals surface area contributed by atoms with Crippen molar-refractivity contribution in [2.75, 3.05) is 12.4 Å². The summed E-state index contributed by atoms with van der Waals surface area (Å²) in [5, 5.41) is 14.3. The van der Waals surface area contributed by atoms with Crippen LogP contribution in [0.4, 0.5) is 0 Å². The van der Waals surface area contributed by atoms with E-state index in [1.165, 1.54) is 19.3 Å². The van der Waals surface area contributed by atoms with Gasteiger partial charge in [0.2, 0.25) is 5.91 Å². The zero-order valence-corrected chi connectivity index (χ0v) is 19.2. The number of nitrogens with zero attached hydrogens (tertiary/aromatic N) is 3. The van der Waals surface area contributed by atoms with Gasteiger partial charge in [0, 0.05) is 47.5 Å². The smallest absolute Gasteiger partial charge is 0.221 e. The molecule has 1 aromatic carbocycles. The van der Waals surface area contributed by atoms with Gasteiger partial charge >= 0.3 is 0 Å². The van der Waals surface area contributed by atoms with Crippen LogP contribution in [0.1, 0.15) is 51.4 Å². The summed E-state index contributed by atoms with van der Waals surface area (Å²) in [6.07, 6.45) is 10.8. The van der Waals surface area contributed by atoms with E-state index in [4.69, 9.17) is 4.74 Å². The number of H-pyrrole nitrogens is 1. The average molecular weight is 454 g/mol. The predicted molar refractivity (Wildman–Crippen MR) is 127 cm³/mol. The fourth-order valence-electron chi connectivity index (χ4n) is 4.79. The second-order valence-electron chi connectivity index (χ2n) is 8.80. The van der Waals surface area contributed by atoms with Crippen LogP contribution >= 0.6 is 11.8 Å². The number of ether oxygens (including phenoxy) is 1. The van der Waals surface area contributed by atoms with Crippen molar-refractivity contribution in [2.24, 2.45) is 0 Å². The number of aromatic amines is 1. The molecule has 1 saturated heterocycles. The molecule has 8 heteroatoms. The van der Waals surface area contributed by atoms with Gasteiger partial charge in [-0.3, -0.25) is 9.36 Å². The first kappa shape index (κ1) is 21.5. The van der Waals surface area contributed by atoms with Crippen molar-refractivity contribution in [2.45, 2.75) is 75.2 Å². The average Bonchev–Trinajstić information content (AvgIpc) is 3.56. The van der Waals surface area contributed by atoms with Crippen LogP contribution in [-0.2, 0) is 16.1 Å². The number of aromatic nitrogens is 4. The number of carbonyl (C=O) groups is 1. The number of rotatable bonds is 8. The number of benzene rings is 1. The molecule has 5 rings (SSSR count). The molecule has 1 aliphatic heterocycles. The maximum Gasteiger partial charge on any atom is 0.221 e. The van der Waals surface area contributed by atoms with Crippen LogP contribution in [0.2, 0.25) is 0 Å². The van der Waals surface area contributed by atoms with Crippen LogP contribution in [0, 0.1) is 0 Å². The van der Waals surface area contributed by atoms with Crippen LogP contribution in [0.25, 0.3) is 22.3 Å². The highest BCUT2D eigenvalue weighted by Gasteiger charge is 2.23. The first-order valence-electron chi connectivity index (χ1n) is 11.8. The molecule has 1 amide bonds. The van der Waals surface area contributed by atoms with Crippen molar-refractivity contribution in [3.8, 4) is 11.4 Å². The normalized spacial score (nSPS) is 19.6. The second-order valence-corrected chi connectivity index (χ2v) is 9.86. The molecule has 2 aromatic heterocycles. The van der Waals surface area contributed by atoms with Gasteiger partial charge in [-0.1, -0.05) is 49.2 Å². The summed E-state index contributed by atoms with van der Waals surface area (Å²) >= 11 is 1.61. The summed E-state index contributed by atoms with van der Waals surface area (Å²) < 4.78 is 8.09. The van der Waals surface area contributed by atoms with E-state index < -0.39 is 0 Å². The highest BCUT2D eigenvalue weighted by molar-refractivity contribution is 7.99. The first-order chi connectivity index (χ1) is 15.8. The van der Waals surface area contributed by atoms with E-state index in [9.17, 15) is 4.79 Å². The van der Waals surface area contributed by atoms with Crippen LogP contribution in [0.15, 0.2) is 35.6 Å². The zero-order valence-electron chi connectivity index (χ0n) is 18.4. The lowest BCUT2D eigenvalue weighted by atomic mass is 9.95. The van der Waals surface area contributed by atoms with E-state index in [1.807, 2.05) is 18.3 Å². The van der Waals surface area contributed by atoms with Gasteiger partial charge in [0.1, 0.15) is 0 Å². The van der Waals surface area contributed by atoms with Crippen LogP contribution in [0.5, 0.6) is 0 Å². The van der Waals surface area contributed by atoms with Crippen LogP contribution < -0.4 is 5.32 Å². The van der Waals surface area contributed by atoms with E-state index in [-0.39, 0.29) is 12.0 Å². The van der Waals surface area contributed by atoms with Crippen molar-refractivity contribution in [1.82, 2.24) is 25.1 Å². The number of hydrogen-bond acceptors (Lipinski definition) is 5. The minimum atomic E-state index is 0.145. The summed E-state index contributed by atoms with van der Waals surface area (Å²) in [5.41, 5.74) is 2.13. The predicted octanol–water partition coefficient (Wildman–Crippen LogP) is 4.54. The molecule has 2 aliphatic rings. The fourth-order valence-corrected chi connectivity index (χ4v) is 5.68. The molecule has 0 radical (unpaired) electrons. The Bertz CT molecular complexity index is 1050. The molecule has 7 nitrogen and oxygen atoms in total. The summed E-state index contributed by atoms with van der Waals surface area (Å²) in [7, 11) is 0. The molecule has 2 fully saturated rings. The molecule has 1 aliphatic carbocycles. The molecular formula is C24H31N5O2S. The van der Waals surface area contributed by atoms with Crippen molar-refractivity contribution in [3.63, 3.8) is 0 Å². The third kappa shape index (κ3) is 4.86.